The summed E-state index contributed by atoms with van der Waals surface area (Å²) in [7, 11) is 0. The van der Waals surface area contributed by atoms with Gasteiger partial charge >= 0.3 is 0 Å². The van der Waals surface area contributed by atoms with Crippen LogP contribution in [0, 0.1) is 0 Å². The predicted octanol–water partition coefficient (Wildman–Crippen LogP) is 5.01. The lowest BCUT2D eigenvalue weighted by molar-refractivity contribution is 0.102. The van der Waals surface area contributed by atoms with Crippen LogP contribution >= 0.6 is 0 Å². The van der Waals surface area contributed by atoms with E-state index >= 15 is 0 Å². The molecule has 0 aliphatic heterocycles. The second-order valence-electron chi connectivity index (χ2n) is 7.61. The molecular formula is C23H26N4O2. The Bertz CT molecular complexity index is 964. The molecule has 0 atom stereocenters. The molecule has 1 heterocycles. The number of ether oxygens (including phenoxy) is 1. The van der Waals surface area contributed by atoms with E-state index in [0.29, 0.717) is 29.6 Å². The van der Waals surface area contributed by atoms with Crippen LogP contribution < -0.4 is 15.4 Å². The van der Waals surface area contributed by atoms with E-state index in [1.54, 1.807) is 18.2 Å². The minimum Gasteiger partial charge on any atom is -0.494 e. The second kappa shape index (κ2) is 8.73. The number of carbonyl (C=O) groups is 1. The molecule has 2 N–H and O–H groups in total. The molecule has 6 heteroatoms. The molecule has 0 aliphatic carbocycles. The highest BCUT2D eigenvalue weighted by molar-refractivity contribution is 6.03. The van der Waals surface area contributed by atoms with Crippen LogP contribution in [-0.4, -0.2) is 28.0 Å². The SMILES string of the molecule is CCOc1ccc(NC(=O)c2cc(NC(C)(C)C)nc(-c3ccccc3)n2)cc1. The molecule has 2 aromatic carbocycles. The van der Waals surface area contributed by atoms with Crippen molar-refractivity contribution in [1.29, 1.82) is 0 Å². The standard InChI is InChI=1S/C23H26N4O2/c1-5-29-18-13-11-17(12-14-18)24-22(28)19-15-20(27-23(2,3)4)26-21(25-19)16-9-7-6-8-10-16/h6-15H,5H2,1-4H3,(H,24,28)(H,25,26,27). The van der Waals surface area contributed by atoms with Crippen molar-refractivity contribution in [3.8, 4) is 17.1 Å². The summed E-state index contributed by atoms with van der Waals surface area (Å²) in [6.07, 6.45) is 0. The largest absolute Gasteiger partial charge is 0.494 e. The Labute approximate surface area is 171 Å². The molecule has 1 aromatic heterocycles. The van der Waals surface area contributed by atoms with Crippen LogP contribution in [0.15, 0.2) is 60.7 Å². The van der Waals surface area contributed by atoms with Crippen LogP contribution in [0.3, 0.4) is 0 Å². The summed E-state index contributed by atoms with van der Waals surface area (Å²) in [5.74, 6) is 1.56. The van der Waals surface area contributed by atoms with Gasteiger partial charge in [0.1, 0.15) is 17.3 Å². The van der Waals surface area contributed by atoms with Gasteiger partial charge in [-0.05, 0) is 52.0 Å². The van der Waals surface area contributed by atoms with Gasteiger partial charge in [0.15, 0.2) is 5.82 Å². The first-order valence-corrected chi connectivity index (χ1v) is 9.61. The van der Waals surface area contributed by atoms with Gasteiger partial charge in [-0.15, -0.1) is 0 Å². The molecule has 0 saturated heterocycles. The van der Waals surface area contributed by atoms with Crippen molar-refractivity contribution < 1.29 is 9.53 Å². The first-order valence-electron chi connectivity index (χ1n) is 9.61. The van der Waals surface area contributed by atoms with Gasteiger partial charge in [0.2, 0.25) is 0 Å². The van der Waals surface area contributed by atoms with Crippen molar-refractivity contribution >= 4 is 17.4 Å². The maximum absolute atomic E-state index is 12.9. The fourth-order valence-corrected chi connectivity index (χ4v) is 2.72. The summed E-state index contributed by atoms with van der Waals surface area (Å²) in [6.45, 7) is 8.64. The molecule has 0 aliphatic rings. The van der Waals surface area contributed by atoms with E-state index in [2.05, 4.69) is 20.6 Å². The van der Waals surface area contributed by atoms with Crippen molar-refractivity contribution in [2.45, 2.75) is 33.2 Å². The molecular weight excluding hydrogens is 364 g/mol. The van der Waals surface area contributed by atoms with E-state index in [0.717, 1.165) is 11.3 Å². The Hall–Kier alpha value is -3.41. The minimum atomic E-state index is -0.300. The Kier molecular flexibility index (Phi) is 6.12. The molecule has 0 unspecified atom stereocenters. The van der Waals surface area contributed by atoms with E-state index in [4.69, 9.17) is 4.74 Å². The third kappa shape index (κ3) is 5.78. The molecule has 1 amide bonds. The minimum absolute atomic E-state index is 0.203. The summed E-state index contributed by atoms with van der Waals surface area (Å²) in [6, 6.07) is 18.5. The van der Waals surface area contributed by atoms with Gasteiger partial charge in [-0.3, -0.25) is 4.79 Å². The van der Waals surface area contributed by atoms with E-state index in [9.17, 15) is 4.79 Å². The second-order valence-corrected chi connectivity index (χ2v) is 7.61. The Morgan fingerprint density at radius 2 is 1.69 bits per heavy atom. The van der Waals surface area contributed by atoms with Gasteiger partial charge in [-0.25, -0.2) is 9.97 Å². The summed E-state index contributed by atoms with van der Waals surface area (Å²) < 4.78 is 5.44. The molecule has 6 nitrogen and oxygen atoms in total. The maximum Gasteiger partial charge on any atom is 0.274 e. The van der Waals surface area contributed by atoms with E-state index in [1.165, 1.54) is 0 Å². The number of hydrogen-bond donors (Lipinski definition) is 2. The lowest BCUT2D eigenvalue weighted by Crippen LogP contribution is -2.27. The van der Waals surface area contributed by atoms with Gasteiger partial charge in [0, 0.05) is 22.9 Å². The molecule has 3 aromatic rings. The van der Waals surface area contributed by atoms with Crippen LogP contribution in [0.2, 0.25) is 0 Å². The van der Waals surface area contributed by atoms with Crippen molar-refractivity contribution in [3.63, 3.8) is 0 Å². The van der Waals surface area contributed by atoms with E-state index in [-0.39, 0.29) is 11.4 Å². The normalized spacial score (nSPS) is 11.0. The fourth-order valence-electron chi connectivity index (χ4n) is 2.72. The van der Waals surface area contributed by atoms with Gasteiger partial charge in [-0.2, -0.15) is 0 Å². The summed E-state index contributed by atoms with van der Waals surface area (Å²) in [5.41, 5.74) is 1.61. The Balaban J connectivity index is 1.90. The molecule has 0 fully saturated rings. The summed E-state index contributed by atoms with van der Waals surface area (Å²) in [4.78, 5) is 21.9. The highest BCUT2D eigenvalue weighted by Crippen LogP contribution is 2.21. The van der Waals surface area contributed by atoms with Crippen LogP contribution in [0.4, 0.5) is 11.5 Å². The molecule has 0 saturated carbocycles. The van der Waals surface area contributed by atoms with E-state index in [1.807, 2.05) is 70.2 Å². The first kappa shape index (κ1) is 20.3. The zero-order valence-corrected chi connectivity index (χ0v) is 17.2. The average Bonchev–Trinajstić information content (AvgIpc) is 2.69. The number of benzene rings is 2. The number of anilines is 2. The number of hydrogen-bond acceptors (Lipinski definition) is 5. The lowest BCUT2D eigenvalue weighted by atomic mass is 10.1. The van der Waals surface area contributed by atoms with Crippen LogP contribution in [0.1, 0.15) is 38.2 Å². The zero-order chi connectivity index (χ0) is 20.9. The number of rotatable bonds is 6. The van der Waals surface area contributed by atoms with Crippen LogP contribution in [-0.2, 0) is 0 Å². The van der Waals surface area contributed by atoms with Crippen molar-refractivity contribution in [3.05, 3.63) is 66.4 Å². The van der Waals surface area contributed by atoms with Gasteiger partial charge in [0.25, 0.3) is 5.91 Å². The molecule has 0 radical (unpaired) electrons. The molecule has 29 heavy (non-hydrogen) atoms. The van der Waals surface area contributed by atoms with Gasteiger partial charge in [0.05, 0.1) is 6.61 Å². The monoisotopic (exact) mass is 390 g/mol. The third-order valence-electron chi connectivity index (χ3n) is 3.92. The molecule has 3 rings (SSSR count). The highest BCUT2D eigenvalue weighted by atomic mass is 16.5. The molecule has 0 bridgehead atoms. The summed E-state index contributed by atoms with van der Waals surface area (Å²) >= 11 is 0. The number of nitrogens with zero attached hydrogens (tertiary/aromatic N) is 2. The smallest absolute Gasteiger partial charge is 0.274 e. The van der Waals surface area contributed by atoms with Crippen LogP contribution in [0.25, 0.3) is 11.4 Å². The Morgan fingerprint density at radius 1 is 1.00 bits per heavy atom. The number of carbonyl (C=O) groups excluding carboxylic acids is 1. The fraction of sp³-hybridized carbons (Fsp3) is 0.261. The number of aromatic nitrogens is 2. The quantitative estimate of drug-likeness (QED) is 0.619. The van der Waals surface area contributed by atoms with Crippen molar-refractivity contribution in [2.75, 3.05) is 17.2 Å². The zero-order valence-electron chi connectivity index (χ0n) is 17.2. The van der Waals surface area contributed by atoms with Gasteiger partial charge in [-0.1, -0.05) is 30.3 Å². The highest BCUT2D eigenvalue weighted by Gasteiger charge is 2.17. The number of nitrogens with one attached hydrogen (secondary N) is 2. The third-order valence-corrected chi connectivity index (χ3v) is 3.92. The lowest BCUT2D eigenvalue weighted by Gasteiger charge is -2.22. The van der Waals surface area contributed by atoms with Gasteiger partial charge < -0.3 is 15.4 Å². The number of amides is 1. The predicted molar refractivity (Wildman–Crippen MR) is 116 cm³/mol. The molecule has 150 valence electrons. The summed E-state index contributed by atoms with van der Waals surface area (Å²) in [5, 5.41) is 6.21. The maximum atomic E-state index is 12.9. The topological polar surface area (TPSA) is 76.1 Å². The Morgan fingerprint density at radius 3 is 2.31 bits per heavy atom. The van der Waals surface area contributed by atoms with Crippen molar-refractivity contribution in [2.24, 2.45) is 0 Å². The van der Waals surface area contributed by atoms with Crippen molar-refractivity contribution in [1.82, 2.24) is 9.97 Å². The average molecular weight is 390 g/mol. The van der Waals surface area contributed by atoms with Crippen LogP contribution in [0.5, 0.6) is 5.75 Å². The first-order chi connectivity index (χ1) is 13.8. The van der Waals surface area contributed by atoms with E-state index < -0.39 is 0 Å². The molecule has 0 spiro atoms.